The van der Waals surface area contributed by atoms with Crippen LogP contribution in [-0.2, 0) is 0 Å². The Bertz CT molecular complexity index is 838. The Kier molecular flexibility index (Phi) is 7.71. The summed E-state index contributed by atoms with van der Waals surface area (Å²) in [6.07, 6.45) is 6.40. The van der Waals surface area contributed by atoms with Gasteiger partial charge in [-0.25, -0.2) is 0 Å². The smallest absolute Gasteiger partial charge is 0.193 e. The molecule has 0 fully saturated rings. The van der Waals surface area contributed by atoms with Crippen molar-refractivity contribution in [2.75, 3.05) is 20.3 Å². The van der Waals surface area contributed by atoms with Crippen molar-refractivity contribution in [3.63, 3.8) is 0 Å². The lowest BCUT2D eigenvalue weighted by Crippen LogP contribution is -2.06. The molecule has 0 radical (unpaired) electrons. The highest BCUT2D eigenvalue weighted by Gasteiger charge is 2.19. The Hall–Kier alpha value is -2.98. The van der Waals surface area contributed by atoms with Crippen molar-refractivity contribution in [3.8, 4) is 17.2 Å². The Morgan fingerprint density at radius 1 is 1.04 bits per heavy atom. The van der Waals surface area contributed by atoms with Crippen LogP contribution in [0.25, 0.3) is 6.08 Å². The second-order valence-electron chi connectivity index (χ2n) is 5.45. The second-order valence-corrected chi connectivity index (χ2v) is 5.88. The number of hydrogen-bond acceptors (Lipinski definition) is 4. The summed E-state index contributed by atoms with van der Waals surface area (Å²) < 4.78 is 16.6. The number of carbonyl (C=O) groups is 1. The molecule has 2 rings (SSSR count). The minimum absolute atomic E-state index is 0.245. The normalized spacial score (nSPS) is 10.4. The molecule has 2 aromatic rings. The fraction of sp³-hybridized carbons (Fsp3) is 0.136. The third kappa shape index (κ3) is 5.76. The first kappa shape index (κ1) is 20.3. The lowest BCUT2D eigenvalue weighted by molar-refractivity contribution is 0.104. The summed E-state index contributed by atoms with van der Waals surface area (Å²) in [6.45, 7) is 7.83. The van der Waals surface area contributed by atoms with Gasteiger partial charge in [-0.2, -0.15) is 0 Å². The molecule has 0 saturated carbocycles. The van der Waals surface area contributed by atoms with Crippen LogP contribution in [-0.4, -0.2) is 26.1 Å². The van der Waals surface area contributed by atoms with Gasteiger partial charge in [0.1, 0.15) is 36.0 Å². The molecule has 0 aliphatic carbocycles. The van der Waals surface area contributed by atoms with Crippen molar-refractivity contribution < 1.29 is 19.0 Å². The molecule has 2 aromatic carbocycles. The molecular weight excluding hydrogens is 364 g/mol. The number of halogens is 1. The average molecular weight is 385 g/mol. The predicted octanol–water partition coefficient (Wildman–Crippen LogP) is 5.37. The van der Waals surface area contributed by atoms with E-state index in [0.29, 0.717) is 34.4 Å². The van der Waals surface area contributed by atoms with E-state index in [1.807, 2.05) is 12.1 Å². The maximum atomic E-state index is 12.8. The number of methoxy groups -OCH3 is 1. The fourth-order valence-corrected chi connectivity index (χ4v) is 2.43. The summed E-state index contributed by atoms with van der Waals surface area (Å²) in [5.74, 6) is 0.987. The van der Waals surface area contributed by atoms with E-state index in [-0.39, 0.29) is 12.4 Å². The summed E-state index contributed by atoms with van der Waals surface area (Å²) >= 11 is 5.88. The van der Waals surface area contributed by atoms with E-state index >= 15 is 0 Å². The standard InChI is InChI=1S/C22H21ClO4/c1-4-12-26-18-14-20(25-3)22(21(15-18)27-13-5-2)19(24)11-8-16-6-9-17(23)10-7-16/h4-11,14-15H,1-2,12-13H2,3H3/b11-8+. The number of ether oxygens (including phenoxy) is 3. The third-order valence-corrected chi connectivity index (χ3v) is 3.78. The van der Waals surface area contributed by atoms with Gasteiger partial charge < -0.3 is 14.2 Å². The summed E-state index contributed by atoms with van der Waals surface area (Å²) in [4.78, 5) is 12.8. The van der Waals surface area contributed by atoms with Crippen LogP contribution in [0, 0.1) is 0 Å². The first-order valence-electron chi connectivity index (χ1n) is 8.26. The van der Waals surface area contributed by atoms with Gasteiger partial charge in [0, 0.05) is 17.2 Å². The van der Waals surface area contributed by atoms with Crippen molar-refractivity contribution in [3.05, 3.63) is 83.9 Å². The average Bonchev–Trinajstić information content (AvgIpc) is 2.69. The molecule has 0 spiro atoms. The maximum absolute atomic E-state index is 12.8. The van der Waals surface area contributed by atoms with Gasteiger partial charge in [0.05, 0.1) is 7.11 Å². The molecule has 140 valence electrons. The molecule has 27 heavy (non-hydrogen) atoms. The van der Waals surface area contributed by atoms with Crippen molar-refractivity contribution in [2.45, 2.75) is 0 Å². The second kappa shape index (κ2) is 10.2. The zero-order valence-electron chi connectivity index (χ0n) is 15.1. The van der Waals surface area contributed by atoms with E-state index in [1.165, 1.54) is 13.2 Å². The molecule has 0 N–H and O–H groups in total. The highest BCUT2D eigenvalue weighted by Crippen LogP contribution is 2.35. The first-order chi connectivity index (χ1) is 13.1. The number of allylic oxidation sites excluding steroid dienone is 1. The summed E-state index contributed by atoms with van der Waals surface area (Å²) in [5, 5.41) is 0.635. The zero-order valence-corrected chi connectivity index (χ0v) is 15.9. The van der Waals surface area contributed by atoms with Crippen LogP contribution >= 0.6 is 11.6 Å². The monoisotopic (exact) mass is 384 g/mol. The van der Waals surface area contributed by atoms with Crippen LogP contribution in [0.4, 0.5) is 0 Å². The lowest BCUT2D eigenvalue weighted by atomic mass is 10.1. The van der Waals surface area contributed by atoms with Crippen LogP contribution < -0.4 is 14.2 Å². The van der Waals surface area contributed by atoms with Crippen LogP contribution in [0.5, 0.6) is 17.2 Å². The number of hydrogen-bond donors (Lipinski definition) is 0. The molecule has 0 saturated heterocycles. The Morgan fingerprint density at radius 2 is 1.67 bits per heavy atom. The third-order valence-electron chi connectivity index (χ3n) is 3.53. The molecule has 0 amide bonds. The molecular formula is C22H21ClO4. The summed E-state index contributed by atoms with van der Waals surface area (Å²) in [6, 6.07) is 10.5. The van der Waals surface area contributed by atoms with E-state index < -0.39 is 0 Å². The largest absolute Gasteiger partial charge is 0.496 e. The quantitative estimate of drug-likeness (QED) is 0.313. The van der Waals surface area contributed by atoms with E-state index in [1.54, 1.807) is 42.5 Å². The van der Waals surface area contributed by atoms with Gasteiger partial charge in [0.2, 0.25) is 0 Å². The van der Waals surface area contributed by atoms with Gasteiger partial charge in [0.25, 0.3) is 0 Å². The molecule has 5 heteroatoms. The van der Waals surface area contributed by atoms with Gasteiger partial charge >= 0.3 is 0 Å². The van der Waals surface area contributed by atoms with Crippen LogP contribution in [0.15, 0.2) is 67.8 Å². The lowest BCUT2D eigenvalue weighted by Gasteiger charge is -2.15. The minimum atomic E-state index is -0.254. The van der Waals surface area contributed by atoms with E-state index in [0.717, 1.165) is 5.56 Å². The van der Waals surface area contributed by atoms with Gasteiger partial charge in [-0.05, 0) is 23.8 Å². The van der Waals surface area contributed by atoms with Crippen LogP contribution in [0.2, 0.25) is 5.02 Å². The summed E-state index contributed by atoms with van der Waals surface area (Å²) in [7, 11) is 1.49. The van der Waals surface area contributed by atoms with Crippen molar-refractivity contribution in [1.29, 1.82) is 0 Å². The Balaban J connectivity index is 2.38. The van der Waals surface area contributed by atoms with E-state index in [4.69, 9.17) is 25.8 Å². The molecule has 0 aromatic heterocycles. The SMILES string of the molecule is C=CCOc1cc(OC)c(C(=O)/C=C/c2ccc(Cl)cc2)c(OCC=C)c1. The van der Waals surface area contributed by atoms with E-state index in [9.17, 15) is 4.79 Å². The van der Waals surface area contributed by atoms with Crippen molar-refractivity contribution in [2.24, 2.45) is 0 Å². The molecule has 0 heterocycles. The highest BCUT2D eigenvalue weighted by atomic mass is 35.5. The molecule has 0 bridgehead atoms. The Morgan fingerprint density at radius 3 is 2.30 bits per heavy atom. The number of carbonyl (C=O) groups excluding carboxylic acids is 1. The van der Waals surface area contributed by atoms with Crippen molar-refractivity contribution >= 4 is 23.5 Å². The Labute approximate surface area is 164 Å². The number of ketones is 1. The highest BCUT2D eigenvalue weighted by molar-refractivity contribution is 6.30. The summed E-state index contributed by atoms with van der Waals surface area (Å²) in [5.41, 5.74) is 1.17. The minimum Gasteiger partial charge on any atom is -0.496 e. The van der Waals surface area contributed by atoms with Gasteiger partial charge in [-0.3, -0.25) is 4.79 Å². The maximum Gasteiger partial charge on any atom is 0.193 e. The topological polar surface area (TPSA) is 44.8 Å². The molecule has 4 nitrogen and oxygen atoms in total. The molecule has 0 aliphatic rings. The predicted molar refractivity (Wildman–Crippen MR) is 109 cm³/mol. The van der Waals surface area contributed by atoms with Gasteiger partial charge in [-0.15, -0.1) is 0 Å². The van der Waals surface area contributed by atoms with E-state index in [2.05, 4.69) is 13.2 Å². The molecule has 0 unspecified atom stereocenters. The van der Waals surface area contributed by atoms with Crippen molar-refractivity contribution in [1.82, 2.24) is 0 Å². The molecule has 0 aliphatic heterocycles. The zero-order chi connectivity index (χ0) is 19.6. The van der Waals surface area contributed by atoms with Crippen LogP contribution in [0.1, 0.15) is 15.9 Å². The van der Waals surface area contributed by atoms with Crippen LogP contribution in [0.3, 0.4) is 0 Å². The van der Waals surface area contributed by atoms with Gasteiger partial charge in [0.15, 0.2) is 5.78 Å². The fourth-order valence-electron chi connectivity index (χ4n) is 2.30. The number of benzene rings is 2. The number of rotatable bonds is 10. The van der Waals surface area contributed by atoms with Gasteiger partial charge in [-0.1, -0.05) is 55.1 Å². The molecule has 0 atom stereocenters. The first-order valence-corrected chi connectivity index (χ1v) is 8.64.